The molecule has 1 aromatic rings. The van der Waals surface area contributed by atoms with Gasteiger partial charge in [-0.3, -0.25) is 0 Å². The zero-order chi connectivity index (χ0) is 11.9. The van der Waals surface area contributed by atoms with Gasteiger partial charge in [0.25, 0.3) is 5.25 Å². The lowest BCUT2D eigenvalue weighted by Crippen LogP contribution is -2.18. The van der Waals surface area contributed by atoms with Gasteiger partial charge in [0.2, 0.25) is 0 Å². The van der Waals surface area contributed by atoms with Crippen LogP contribution in [0.4, 0.5) is 0 Å². The van der Waals surface area contributed by atoms with Gasteiger partial charge in [0.15, 0.2) is 0 Å². The van der Waals surface area contributed by atoms with E-state index in [1.54, 1.807) is 12.1 Å². The van der Waals surface area contributed by atoms with E-state index in [-0.39, 0.29) is 16.0 Å². The average Bonchev–Trinajstić information content (AvgIpc) is 1.99. The van der Waals surface area contributed by atoms with Gasteiger partial charge in [0.05, 0.1) is 5.02 Å². The first kappa shape index (κ1) is 12.8. The van der Waals surface area contributed by atoms with Crippen molar-refractivity contribution in [3.8, 4) is 0 Å². The van der Waals surface area contributed by atoms with Crippen molar-refractivity contribution in [2.45, 2.75) is 31.4 Å². The van der Waals surface area contributed by atoms with Crippen molar-refractivity contribution in [1.82, 2.24) is 0 Å². The molecule has 0 amide bonds. The van der Waals surface area contributed by atoms with Gasteiger partial charge in [0.1, 0.15) is 0 Å². The van der Waals surface area contributed by atoms with Crippen LogP contribution in [0.3, 0.4) is 0 Å². The molecule has 0 aliphatic heterocycles. The molecule has 0 aliphatic carbocycles. The van der Waals surface area contributed by atoms with E-state index < -0.39 is 5.25 Å². The van der Waals surface area contributed by atoms with E-state index in [1.165, 1.54) is 6.07 Å². The molecule has 1 aromatic carbocycles. The molecule has 0 radical (unpaired) electrons. The van der Waals surface area contributed by atoms with Gasteiger partial charge in [-0.15, -0.1) is 0 Å². The van der Waals surface area contributed by atoms with Gasteiger partial charge in [-0.1, -0.05) is 56.1 Å². The second-order valence-electron chi connectivity index (χ2n) is 4.53. The minimum Gasteiger partial charge on any atom is -0.350 e. The maximum absolute atomic E-state index is 9.20. The topological polar surface area (TPSA) is 40.5 Å². The van der Waals surface area contributed by atoms with Gasteiger partial charge >= 0.3 is 0 Å². The predicted octanol–water partition coefficient (Wildman–Crippen LogP) is 2.97. The summed E-state index contributed by atoms with van der Waals surface area (Å²) in [6.07, 6.45) is 0. The molecule has 0 fully saturated rings. The Labute approximate surface area is 99.5 Å². The summed E-state index contributed by atoms with van der Waals surface area (Å²) < 4.78 is 0. The molecule has 0 aliphatic rings. The van der Waals surface area contributed by atoms with Gasteiger partial charge in [-0.2, -0.15) is 0 Å². The lowest BCUT2D eigenvalue weighted by molar-refractivity contribution is -0.0901. The highest BCUT2D eigenvalue weighted by Gasteiger charge is 2.26. The van der Waals surface area contributed by atoms with E-state index in [2.05, 4.69) is 0 Å². The lowest BCUT2D eigenvalue weighted by Gasteiger charge is -2.22. The Hall–Kier alpha value is -0.280. The number of hydrogen-bond acceptors (Lipinski definition) is 2. The molecule has 0 aromatic heterocycles. The number of rotatable bonds is 1. The molecule has 0 spiro atoms. The van der Waals surface area contributed by atoms with Crippen molar-refractivity contribution in [3.63, 3.8) is 0 Å². The molecule has 0 heterocycles. The third-order valence-electron chi connectivity index (χ3n) is 2.18. The Morgan fingerprint density at radius 1 is 1.13 bits per heavy atom. The zero-order valence-electron chi connectivity index (χ0n) is 8.88. The van der Waals surface area contributed by atoms with Crippen LogP contribution in [-0.4, -0.2) is 10.2 Å². The molecule has 2 N–H and O–H groups in total. The Bertz CT molecular complexity index is 362. The third-order valence-corrected chi connectivity index (χ3v) is 2.69. The summed E-state index contributed by atoms with van der Waals surface area (Å²) in [7, 11) is 0. The van der Waals surface area contributed by atoms with Crippen molar-refractivity contribution in [2.75, 3.05) is 0 Å². The molecule has 0 saturated carbocycles. The van der Waals surface area contributed by atoms with E-state index in [9.17, 15) is 10.2 Å². The molecule has 84 valence electrons. The van der Waals surface area contributed by atoms with Crippen LogP contribution in [0.5, 0.6) is 0 Å². The van der Waals surface area contributed by atoms with Crippen molar-refractivity contribution < 1.29 is 10.2 Å². The number of hydrogen-bond donors (Lipinski definition) is 2. The summed E-state index contributed by atoms with van der Waals surface area (Å²) in [5.41, 5.74) is 1.07. The number of alkyl halides is 1. The molecule has 2 nitrogen and oxygen atoms in total. The maximum atomic E-state index is 9.20. The SMILES string of the molecule is CC(C)(C)c1ccc(C(O)(O)Cl)c(Cl)c1. The van der Waals surface area contributed by atoms with Crippen LogP contribution in [-0.2, 0) is 10.7 Å². The van der Waals surface area contributed by atoms with E-state index >= 15 is 0 Å². The Morgan fingerprint density at radius 3 is 2.00 bits per heavy atom. The van der Waals surface area contributed by atoms with E-state index in [4.69, 9.17) is 23.2 Å². The van der Waals surface area contributed by atoms with Gasteiger partial charge in [-0.05, 0) is 17.0 Å². The van der Waals surface area contributed by atoms with Crippen LogP contribution in [0.2, 0.25) is 5.02 Å². The zero-order valence-corrected chi connectivity index (χ0v) is 10.4. The Balaban J connectivity index is 3.21. The lowest BCUT2D eigenvalue weighted by atomic mass is 9.86. The number of aliphatic hydroxyl groups is 2. The summed E-state index contributed by atoms with van der Waals surface area (Å²) in [4.78, 5) is 0. The highest BCUT2D eigenvalue weighted by Crippen LogP contribution is 2.33. The van der Waals surface area contributed by atoms with E-state index in [0.29, 0.717) is 0 Å². The van der Waals surface area contributed by atoms with Crippen molar-refractivity contribution in [2.24, 2.45) is 0 Å². The van der Waals surface area contributed by atoms with Crippen LogP contribution in [0.25, 0.3) is 0 Å². The van der Waals surface area contributed by atoms with Crippen molar-refractivity contribution >= 4 is 23.2 Å². The minimum atomic E-state index is -2.41. The maximum Gasteiger partial charge on any atom is 0.272 e. The third kappa shape index (κ3) is 3.08. The van der Waals surface area contributed by atoms with Gasteiger partial charge in [0, 0.05) is 5.56 Å². The second kappa shape index (κ2) is 3.95. The second-order valence-corrected chi connectivity index (χ2v) is 5.47. The highest BCUT2D eigenvalue weighted by atomic mass is 35.5. The molecule has 0 unspecified atom stereocenters. The summed E-state index contributed by atoms with van der Waals surface area (Å²) in [6, 6.07) is 5.00. The quantitative estimate of drug-likeness (QED) is 0.593. The normalized spacial score (nSPS) is 13.0. The van der Waals surface area contributed by atoms with Crippen LogP contribution in [0.1, 0.15) is 31.9 Å². The van der Waals surface area contributed by atoms with Crippen LogP contribution >= 0.6 is 23.2 Å². The number of halogens is 2. The van der Waals surface area contributed by atoms with Crippen LogP contribution < -0.4 is 0 Å². The highest BCUT2D eigenvalue weighted by molar-refractivity contribution is 6.33. The molecule has 1 rings (SSSR count). The van der Waals surface area contributed by atoms with Crippen molar-refractivity contribution in [3.05, 3.63) is 34.3 Å². The van der Waals surface area contributed by atoms with Crippen LogP contribution in [0, 0.1) is 0 Å². The summed E-state index contributed by atoms with van der Waals surface area (Å²) in [5, 5.41) is 16.2. The molecule has 0 saturated heterocycles. The predicted molar refractivity (Wildman–Crippen MR) is 62.1 cm³/mol. The summed E-state index contributed by atoms with van der Waals surface area (Å²) >= 11 is 11.3. The van der Waals surface area contributed by atoms with E-state index in [0.717, 1.165) is 5.56 Å². The molecular formula is C11H14Cl2O2. The van der Waals surface area contributed by atoms with Gasteiger partial charge < -0.3 is 10.2 Å². The van der Waals surface area contributed by atoms with Crippen LogP contribution in [0.15, 0.2) is 18.2 Å². The largest absolute Gasteiger partial charge is 0.350 e. The van der Waals surface area contributed by atoms with E-state index in [1.807, 2.05) is 20.8 Å². The Kier molecular flexibility index (Phi) is 3.36. The van der Waals surface area contributed by atoms with Crippen molar-refractivity contribution in [1.29, 1.82) is 0 Å². The summed E-state index contributed by atoms with van der Waals surface area (Å²) in [5.74, 6) is 0. The molecular weight excluding hydrogens is 235 g/mol. The average molecular weight is 249 g/mol. The molecule has 0 atom stereocenters. The monoisotopic (exact) mass is 248 g/mol. The fourth-order valence-corrected chi connectivity index (χ4v) is 1.77. The van der Waals surface area contributed by atoms with Gasteiger partial charge in [-0.25, -0.2) is 0 Å². The molecule has 4 heteroatoms. The number of benzene rings is 1. The summed E-state index contributed by atoms with van der Waals surface area (Å²) in [6.45, 7) is 6.14. The molecule has 0 bridgehead atoms. The smallest absolute Gasteiger partial charge is 0.272 e. The first-order valence-corrected chi connectivity index (χ1v) is 5.32. The first-order chi connectivity index (χ1) is 6.62. The minimum absolute atomic E-state index is 0.0396. The molecule has 15 heavy (non-hydrogen) atoms. The fourth-order valence-electron chi connectivity index (χ4n) is 1.24. The fraction of sp³-hybridized carbons (Fsp3) is 0.455. The Morgan fingerprint density at radius 2 is 1.67 bits per heavy atom. The standard InChI is InChI=1S/C11H14Cl2O2/c1-10(2,3)7-4-5-8(9(12)6-7)11(13,14)15/h4-6,14-15H,1-3H3. The first-order valence-electron chi connectivity index (χ1n) is 4.56.